The van der Waals surface area contributed by atoms with Crippen molar-refractivity contribution >= 4 is 23.0 Å². The number of piperazine rings is 1. The molecule has 0 spiro atoms. The van der Waals surface area contributed by atoms with E-state index in [1.54, 1.807) is 4.90 Å². The summed E-state index contributed by atoms with van der Waals surface area (Å²) in [5.41, 5.74) is -2.59. The summed E-state index contributed by atoms with van der Waals surface area (Å²) in [5.74, 6) is -0.198. The average Bonchev–Trinajstić information content (AvgIpc) is 2.91. The van der Waals surface area contributed by atoms with Gasteiger partial charge in [0, 0.05) is 44.0 Å². The molecule has 1 aliphatic carbocycles. The van der Waals surface area contributed by atoms with Gasteiger partial charge in [0.25, 0.3) is 5.69 Å². The molecule has 0 unspecified atom stereocenters. The minimum Gasteiger partial charge on any atom is -0.382 e. The lowest BCUT2D eigenvalue weighted by molar-refractivity contribution is -0.388. The average molecular weight is 576 g/mol. The van der Waals surface area contributed by atoms with E-state index in [0.717, 1.165) is 18.2 Å². The molecule has 0 bridgehead atoms. The normalized spacial score (nSPS) is 20.4. The highest BCUT2D eigenvalue weighted by Gasteiger charge is 2.38. The van der Waals surface area contributed by atoms with Crippen molar-refractivity contribution in [1.82, 2.24) is 9.88 Å². The van der Waals surface area contributed by atoms with Gasteiger partial charge in [-0.2, -0.15) is 26.3 Å². The van der Waals surface area contributed by atoms with Gasteiger partial charge in [-0.3, -0.25) is 14.9 Å². The number of carbonyl (C=O) groups is 1. The Morgan fingerprint density at radius 3 is 2.23 bits per heavy atom. The first kappa shape index (κ1) is 29.4. The van der Waals surface area contributed by atoms with Crippen molar-refractivity contribution in [2.24, 2.45) is 0 Å². The second-order valence-corrected chi connectivity index (χ2v) is 9.68. The summed E-state index contributed by atoms with van der Waals surface area (Å²) < 4.78 is 83.6. The fraction of sp³-hybridized carbons (Fsp3) is 0.520. The molecule has 218 valence electrons. The molecule has 1 aromatic carbocycles. The maximum absolute atomic E-state index is 13.2. The number of alkyl halides is 6. The summed E-state index contributed by atoms with van der Waals surface area (Å²) in [6.07, 6.45) is -6.06. The summed E-state index contributed by atoms with van der Waals surface area (Å²) in [5, 5.41) is 13.9. The number of nitro groups is 1. The first-order valence-corrected chi connectivity index (χ1v) is 12.6. The van der Waals surface area contributed by atoms with Gasteiger partial charge in [0.05, 0.1) is 22.9 Å². The zero-order valence-corrected chi connectivity index (χ0v) is 21.2. The van der Waals surface area contributed by atoms with E-state index in [1.807, 2.05) is 4.90 Å². The summed E-state index contributed by atoms with van der Waals surface area (Å²) in [6, 6.07) is 4.97. The highest BCUT2D eigenvalue weighted by molar-refractivity contribution is 5.77. The number of hydrogen-bond acceptors (Lipinski definition) is 7. The van der Waals surface area contributed by atoms with Crippen molar-refractivity contribution in [1.29, 1.82) is 0 Å². The largest absolute Gasteiger partial charge is 0.433 e. The standard InChI is InChI=1S/C25H27F6N5O4/c26-24(27,28)20-13-17(3-7-21(20)36(38)39)33-16-1-5-19(6-2-16)40-15-23(37)35-11-9-34(10-12-35)18-4-8-22(32-14-18)25(29,30)31/h3-4,7-8,13-14,16,19,33H,1-2,5-6,9-12,15H2. The molecule has 1 amide bonds. The summed E-state index contributed by atoms with van der Waals surface area (Å²) in [6.45, 7) is 1.52. The lowest BCUT2D eigenvalue weighted by Crippen LogP contribution is -2.50. The van der Waals surface area contributed by atoms with Gasteiger partial charge in [0.15, 0.2) is 0 Å². The van der Waals surface area contributed by atoms with Gasteiger partial charge in [-0.05, 0) is 49.9 Å². The van der Waals surface area contributed by atoms with E-state index in [2.05, 4.69) is 10.3 Å². The van der Waals surface area contributed by atoms with Crippen LogP contribution in [0.15, 0.2) is 36.5 Å². The number of nitro benzene ring substituents is 1. The number of hydrogen-bond donors (Lipinski definition) is 1. The van der Waals surface area contributed by atoms with Crippen LogP contribution in [0.25, 0.3) is 0 Å². The number of pyridine rings is 1. The van der Waals surface area contributed by atoms with Crippen molar-refractivity contribution in [3.8, 4) is 0 Å². The van der Waals surface area contributed by atoms with Gasteiger partial charge in [-0.25, -0.2) is 4.98 Å². The van der Waals surface area contributed by atoms with Gasteiger partial charge in [0.2, 0.25) is 5.91 Å². The lowest BCUT2D eigenvalue weighted by atomic mass is 9.92. The maximum Gasteiger partial charge on any atom is 0.433 e. The SMILES string of the molecule is O=C(COC1CCC(Nc2ccc([N+](=O)[O-])c(C(F)(F)F)c2)CC1)N1CCN(c2ccc(C(F)(F)F)nc2)CC1. The number of ether oxygens (including phenoxy) is 1. The van der Waals surface area contributed by atoms with E-state index in [-0.39, 0.29) is 30.3 Å². The molecule has 40 heavy (non-hydrogen) atoms. The number of carbonyl (C=O) groups excluding carboxylic acids is 1. The van der Waals surface area contributed by atoms with Gasteiger partial charge >= 0.3 is 12.4 Å². The number of aromatic nitrogens is 1. The molecule has 1 aliphatic heterocycles. The Labute approximate surface area is 225 Å². The highest BCUT2D eigenvalue weighted by atomic mass is 19.4. The molecular weight excluding hydrogens is 548 g/mol. The third-order valence-electron chi connectivity index (χ3n) is 7.02. The first-order chi connectivity index (χ1) is 18.8. The number of amides is 1. The predicted octanol–water partition coefficient (Wildman–Crippen LogP) is 5.12. The van der Waals surface area contributed by atoms with Crippen LogP contribution in [0.1, 0.15) is 36.9 Å². The zero-order chi connectivity index (χ0) is 29.1. The number of benzene rings is 1. The van der Waals surface area contributed by atoms with Crippen molar-refractivity contribution in [3.63, 3.8) is 0 Å². The molecule has 2 aliphatic rings. The van der Waals surface area contributed by atoms with Gasteiger partial charge in [0.1, 0.15) is 17.9 Å². The van der Waals surface area contributed by atoms with E-state index in [1.165, 1.54) is 18.3 Å². The van der Waals surface area contributed by atoms with Crippen molar-refractivity contribution in [2.75, 3.05) is 43.0 Å². The van der Waals surface area contributed by atoms with Gasteiger partial charge < -0.3 is 19.9 Å². The molecule has 2 heterocycles. The van der Waals surface area contributed by atoms with Crippen LogP contribution >= 0.6 is 0 Å². The van der Waals surface area contributed by atoms with E-state index in [4.69, 9.17) is 4.74 Å². The molecule has 2 aromatic rings. The Kier molecular flexibility index (Phi) is 8.71. The number of anilines is 2. The van der Waals surface area contributed by atoms with E-state index in [9.17, 15) is 41.3 Å². The van der Waals surface area contributed by atoms with Crippen LogP contribution in [0.4, 0.5) is 43.4 Å². The molecule has 0 atom stereocenters. The summed E-state index contributed by atoms with van der Waals surface area (Å²) in [7, 11) is 0. The molecule has 1 saturated carbocycles. The Balaban J connectivity index is 1.19. The molecule has 1 saturated heterocycles. The lowest BCUT2D eigenvalue weighted by Gasteiger charge is -2.36. The molecule has 0 radical (unpaired) electrons. The third-order valence-corrected chi connectivity index (χ3v) is 7.02. The number of halogens is 6. The van der Waals surface area contributed by atoms with Crippen molar-refractivity contribution in [3.05, 3.63) is 57.9 Å². The third kappa shape index (κ3) is 7.31. The Morgan fingerprint density at radius 2 is 1.68 bits per heavy atom. The van der Waals surface area contributed by atoms with Gasteiger partial charge in [-0.15, -0.1) is 0 Å². The molecule has 9 nitrogen and oxygen atoms in total. The van der Waals surface area contributed by atoms with Crippen LogP contribution in [-0.2, 0) is 21.9 Å². The van der Waals surface area contributed by atoms with Crippen molar-refractivity contribution in [2.45, 2.75) is 50.2 Å². The molecular formula is C25H27F6N5O4. The highest BCUT2D eigenvalue weighted by Crippen LogP contribution is 2.38. The predicted molar refractivity (Wildman–Crippen MR) is 132 cm³/mol. The second kappa shape index (κ2) is 11.9. The number of rotatable bonds is 7. The molecule has 4 rings (SSSR count). The Hall–Kier alpha value is -3.62. The van der Waals surface area contributed by atoms with E-state index >= 15 is 0 Å². The fourth-order valence-electron chi connectivity index (χ4n) is 4.86. The van der Waals surface area contributed by atoms with E-state index in [0.29, 0.717) is 57.5 Å². The summed E-state index contributed by atoms with van der Waals surface area (Å²) in [4.78, 5) is 29.5. The van der Waals surface area contributed by atoms with Gasteiger partial charge in [-0.1, -0.05) is 0 Å². The van der Waals surface area contributed by atoms with Crippen LogP contribution in [0.2, 0.25) is 0 Å². The molecule has 1 aromatic heterocycles. The summed E-state index contributed by atoms with van der Waals surface area (Å²) >= 11 is 0. The quantitative estimate of drug-likeness (QED) is 0.278. The van der Waals surface area contributed by atoms with Crippen molar-refractivity contribution < 1.29 is 40.8 Å². The Morgan fingerprint density at radius 1 is 1.00 bits per heavy atom. The molecule has 15 heteroatoms. The van der Waals surface area contributed by atoms with Crippen LogP contribution in [0, 0.1) is 10.1 Å². The molecule has 1 N–H and O–H groups in total. The van der Waals surface area contributed by atoms with Crippen LogP contribution < -0.4 is 10.2 Å². The molecule has 2 fully saturated rings. The zero-order valence-electron chi connectivity index (χ0n) is 21.2. The minimum absolute atomic E-state index is 0.123. The maximum atomic E-state index is 13.2. The fourth-order valence-corrected chi connectivity index (χ4v) is 4.86. The topological polar surface area (TPSA) is 101 Å². The second-order valence-electron chi connectivity index (χ2n) is 9.68. The first-order valence-electron chi connectivity index (χ1n) is 12.6. The van der Waals surface area contributed by atoms with Crippen LogP contribution in [-0.4, -0.2) is 65.6 Å². The van der Waals surface area contributed by atoms with Crippen LogP contribution in [0.5, 0.6) is 0 Å². The Bertz CT molecular complexity index is 1190. The number of nitrogens with one attached hydrogen (secondary N) is 1. The smallest absolute Gasteiger partial charge is 0.382 e. The minimum atomic E-state index is -4.86. The number of nitrogens with zero attached hydrogens (tertiary/aromatic N) is 4. The van der Waals surface area contributed by atoms with E-state index < -0.39 is 34.2 Å². The van der Waals surface area contributed by atoms with Crippen LogP contribution in [0.3, 0.4) is 0 Å². The monoisotopic (exact) mass is 575 g/mol.